The molecule has 0 radical (unpaired) electrons. The molecule has 3 atom stereocenters. The Kier molecular flexibility index (Phi) is 6.95. The summed E-state index contributed by atoms with van der Waals surface area (Å²) in [5, 5.41) is 2.93. The molecule has 1 aromatic carbocycles. The van der Waals surface area contributed by atoms with Crippen LogP contribution in [0.15, 0.2) is 73.4 Å². The van der Waals surface area contributed by atoms with E-state index in [4.69, 9.17) is 5.73 Å². The van der Waals surface area contributed by atoms with Crippen molar-refractivity contribution in [2.45, 2.75) is 25.3 Å². The van der Waals surface area contributed by atoms with E-state index in [9.17, 15) is 14.4 Å². The number of amides is 2. The third-order valence-corrected chi connectivity index (χ3v) is 5.55. The lowest BCUT2D eigenvalue weighted by molar-refractivity contribution is -0.135. The fourth-order valence-corrected chi connectivity index (χ4v) is 3.91. The average molecular weight is 406 g/mol. The number of aromatic nitrogens is 2. The number of aryl methyl sites for hydroxylation is 1. The highest BCUT2D eigenvalue weighted by Crippen LogP contribution is 2.43. The summed E-state index contributed by atoms with van der Waals surface area (Å²) < 4.78 is 1.93. The first-order valence-corrected chi connectivity index (χ1v) is 9.96. The van der Waals surface area contributed by atoms with Crippen molar-refractivity contribution in [1.29, 1.82) is 0 Å². The molecule has 156 valence electrons. The monoisotopic (exact) mass is 406 g/mol. The van der Waals surface area contributed by atoms with Crippen molar-refractivity contribution in [2.75, 3.05) is 6.54 Å². The molecule has 2 amide bonds. The van der Waals surface area contributed by atoms with Crippen LogP contribution in [0, 0.1) is 11.3 Å². The summed E-state index contributed by atoms with van der Waals surface area (Å²) in [4.78, 5) is 42.0. The number of aldehydes is 1. The van der Waals surface area contributed by atoms with E-state index in [1.54, 1.807) is 49.0 Å². The number of carbonyl (C=O) groups excluding carboxylic acids is 3. The minimum Gasteiger partial charge on any atom is -0.369 e. The molecule has 0 fully saturated rings. The highest BCUT2D eigenvalue weighted by atomic mass is 16.2. The molecule has 3 N–H and O–H groups in total. The molecule has 1 heterocycles. The van der Waals surface area contributed by atoms with Gasteiger partial charge in [-0.15, -0.1) is 0 Å². The molecule has 1 aromatic heterocycles. The van der Waals surface area contributed by atoms with Crippen molar-refractivity contribution in [3.63, 3.8) is 0 Å². The van der Waals surface area contributed by atoms with E-state index >= 15 is 0 Å². The second-order valence-electron chi connectivity index (χ2n) is 7.39. The van der Waals surface area contributed by atoms with Crippen molar-refractivity contribution >= 4 is 18.1 Å². The Morgan fingerprint density at radius 2 is 2.07 bits per heavy atom. The van der Waals surface area contributed by atoms with Crippen LogP contribution < -0.4 is 11.1 Å². The third-order valence-electron chi connectivity index (χ3n) is 5.55. The predicted molar refractivity (Wildman–Crippen MR) is 113 cm³/mol. The van der Waals surface area contributed by atoms with Gasteiger partial charge in [0.15, 0.2) is 0 Å². The molecular weight excluding hydrogens is 380 g/mol. The zero-order valence-corrected chi connectivity index (χ0v) is 16.7. The molecule has 7 nitrogen and oxygen atoms in total. The quantitative estimate of drug-likeness (QED) is 0.465. The van der Waals surface area contributed by atoms with Gasteiger partial charge < -0.3 is 20.4 Å². The molecule has 3 unspecified atom stereocenters. The van der Waals surface area contributed by atoms with E-state index in [-0.39, 0.29) is 12.3 Å². The van der Waals surface area contributed by atoms with E-state index < -0.39 is 23.2 Å². The van der Waals surface area contributed by atoms with Gasteiger partial charge in [0.2, 0.25) is 11.8 Å². The van der Waals surface area contributed by atoms with Gasteiger partial charge in [-0.1, -0.05) is 54.6 Å². The summed E-state index contributed by atoms with van der Waals surface area (Å²) in [5.41, 5.74) is 5.17. The van der Waals surface area contributed by atoms with Crippen LogP contribution in [0.25, 0.3) is 0 Å². The zero-order valence-electron chi connectivity index (χ0n) is 16.7. The first kappa shape index (κ1) is 21.2. The highest BCUT2D eigenvalue weighted by Gasteiger charge is 2.48. The lowest BCUT2D eigenvalue weighted by atomic mass is 9.64. The molecule has 0 bridgehead atoms. The fourth-order valence-electron chi connectivity index (χ4n) is 3.91. The van der Waals surface area contributed by atoms with Gasteiger partial charge in [-0.3, -0.25) is 9.59 Å². The molecule has 0 saturated carbocycles. The summed E-state index contributed by atoms with van der Waals surface area (Å²) in [5.74, 6) is -2.67. The Morgan fingerprint density at radius 1 is 1.27 bits per heavy atom. The normalized spacial score (nSPS) is 19.7. The van der Waals surface area contributed by atoms with Gasteiger partial charge >= 0.3 is 0 Å². The standard InChI is InChI=1S/C23H26N4O3/c24-22(30)23(10-5-2-6-11-23)19(16-28)20(18-8-3-1-4-9-18)21(29)26-12-7-14-27-15-13-25-17-27/h1-6,8-10,13,15-17,19-20H,7,11-12,14H2,(H2,24,30)(H,26,29). The maximum atomic E-state index is 13.2. The maximum Gasteiger partial charge on any atom is 0.228 e. The number of hydrogen-bond donors (Lipinski definition) is 2. The third kappa shape index (κ3) is 4.56. The number of benzene rings is 1. The molecule has 30 heavy (non-hydrogen) atoms. The van der Waals surface area contributed by atoms with E-state index in [1.807, 2.05) is 29.0 Å². The van der Waals surface area contributed by atoms with Gasteiger partial charge in [-0.25, -0.2) is 4.98 Å². The van der Waals surface area contributed by atoms with Crippen LogP contribution in [-0.2, 0) is 20.9 Å². The predicted octanol–water partition coefficient (Wildman–Crippen LogP) is 1.98. The number of allylic oxidation sites excluding steroid dienone is 3. The molecule has 1 aliphatic rings. The van der Waals surface area contributed by atoms with E-state index in [1.165, 1.54) is 0 Å². The number of hydrogen-bond acceptors (Lipinski definition) is 4. The lowest BCUT2D eigenvalue weighted by Crippen LogP contribution is -2.48. The smallest absolute Gasteiger partial charge is 0.228 e. The Balaban J connectivity index is 1.83. The van der Waals surface area contributed by atoms with Gasteiger partial charge in [0.1, 0.15) is 6.29 Å². The molecular formula is C23H26N4O3. The van der Waals surface area contributed by atoms with Crippen molar-refractivity contribution in [3.8, 4) is 0 Å². The Labute approximate surface area is 175 Å². The van der Waals surface area contributed by atoms with Gasteiger partial charge in [-0.05, 0) is 18.4 Å². The summed E-state index contributed by atoms with van der Waals surface area (Å²) in [7, 11) is 0. The maximum absolute atomic E-state index is 13.2. The number of imidazole rings is 1. The SMILES string of the molecule is NC(=O)C1(C(C=O)C(C(=O)NCCCn2ccnc2)c2ccccc2)C=CC=CC1. The summed E-state index contributed by atoms with van der Waals surface area (Å²) >= 11 is 0. The number of nitrogens with zero attached hydrogens (tertiary/aromatic N) is 2. The van der Waals surface area contributed by atoms with Crippen LogP contribution in [0.1, 0.15) is 24.3 Å². The van der Waals surface area contributed by atoms with Gasteiger partial charge in [0, 0.05) is 31.4 Å². The summed E-state index contributed by atoms with van der Waals surface area (Å²) in [6, 6.07) is 9.05. The lowest BCUT2D eigenvalue weighted by Gasteiger charge is -2.37. The van der Waals surface area contributed by atoms with Crippen LogP contribution in [0.5, 0.6) is 0 Å². The van der Waals surface area contributed by atoms with Gasteiger partial charge in [-0.2, -0.15) is 0 Å². The fraction of sp³-hybridized carbons (Fsp3) is 0.304. The second-order valence-corrected chi connectivity index (χ2v) is 7.39. The number of nitrogens with one attached hydrogen (secondary N) is 1. The van der Waals surface area contributed by atoms with Crippen molar-refractivity contribution in [1.82, 2.24) is 14.9 Å². The van der Waals surface area contributed by atoms with Crippen LogP contribution >= 0.6 is 0 Å². The molecule has 3 rings (SSSR count). The Hall–Kier alpha value is -3.48. The van der Waals surface area contributed by atoms with Crippen molar-refractivity contribution in [2.24, 2.45) is 17.1 Å². The van der Waals surface area contributed by atoms with E-state index in [0.717, 1.165) is 0 Å². The van der Waals surface area contributed by atoms with Crippen LogP contribution in [0.2, 0.25) is 0 Å². The largest absolute Gasteiger partial charge is 0.369 e. The second kappa shape index (κ2) is 9.82. The number of primary amides is 1. The first-order chi connectivity index (χ1) is 14.6. The molecule has 1 aliphatic carbocycles. The zero-order chi connectivity index (χ0) is 21.4. The van der Waals surface area contributed by atoms with Crippen molar-refractivity contribution in [3.05, 3.63) is 78.9 Å². The Morgan fingerprint density at radius 3 is 2.67 bits per heavy atom. The first-order valence-electron chi connectivity index (χ1n) is 9.96. The summed E-state index contributed by atoms with van der Waals surface area (Å²) in [6.07, 6.45) is 13.9. The molecule has 0 saturated heterocycles. The van der Waals surface area contributed by atoms with E-state index in [2.05, 4.69) is 10.3 Å². The topological polar surface area (TPSA) is 107 Å². The highest BCUT2D eigenvalue weighted by molar-refractivity contribution is 5.93. The van der Waals surface area contributed by atoms with Crippen LogP contribution in [0.4, 0.5) is 0 Å². The van der Waals surface area contributed by atoms with E-state index in [0.29, 0.717) is 31.4 Å². The molecule has 2 aromatic rings. The van der Waals surface area contributed by atoms with Gasteiger partial charge in [0.25, 0.3) is 0 Å². The van der Waals surface area contributed by atoms with Crippen molar-refractivity contribution < 1.29 is 14.4 Å². The average Bonchev–Trinajstić information content (AvgIpc) is 3.29. The van der Waals surface area contributed by atoms with Crippen LogP contribution in [0.3, 0.4) is 0 Å². The van der Waals surface area contributed by atoms with Crippen LogP contribution in [-0.4, -0.2) is 34.2 Å². The number of nitrogens with two attached hydrogens (primary N) is 1. The number of carbonyl (C=O) groups is 3. The molecule has 7 heteroatoms. The minimum absolute atomic E-state index is 0.277. The number of rotatable bonds is 10. The molecule has 0 aliphatic heterocycles. The summed E-state index contributed by atoms with van der Waals surface area (Å²) in [6.45, 7) is 1.15. The van der Waals surface area contributed by atoms with Gasteiger partial charge in [0.05, 0.1) is 17.7 Å². The Bertz CT molecular complexity index is 921. The minimum atomic E-state index is -1.24. The molecule has 0 spiro atoms.